The molecule has 0 aliphatic rings. The molecule has 0 saturated carbocycles. The normalized spacial score (nSPS) is 11.9. The van der Waals surface area contributed by atoms with Gasteiger partial charge in [0, 0.05) is 12.0 Å². The number of hydrogen-bond donors (Lipinski definition) is 2. The summed E-state index contributed by atoms with van der Waals surface area (Å²) in [5, 5.41) is 20.3. The smallest absolute Gasteiger partial charge is 0.303 e. The fourth-order valence-electron chi connectivity index (χ4n) is 2.20. The molecule has 3 rings (SSSR count). The Hall–Kier alpha value is -3.33. The van der Waals surface area contributed by atoms with Crippen molar-refractivity contribution in [2.45, 2.75) is 12.8 Å². The van der Waals surface area contributed by atoms with E-state index in [4.69, 9.17) is 15.6 Å². The molecule has 0 radical (unpaired) electrons. The molecule has 2 aromatic carbocycles. The highest BCUT2D eigenvalue weighted by atomic mass is 32.1. The number of amidine groups is 1. The maximum atomic E-state index is 10.4. The second-order valence-corrected chi connectivity index (χ2v) is 6.51. The number of rotatable bonds is 8. The van der Waals surface area contributed by atoms with Crippen LogP contribution >= 0.6 is 11.3 Å². The van der Waals surface area contributed by atoms with Gasteiger partial charge in [0.1, 0.15) is 5.75 Å². The van der Waals surface area contributed by atoms with Gasteiger partial charge in [0.05, 0.1) is 16.8 Å². The number of benzene rings is 2. The molecule has 3 aromatic rings. The highest BCUT2D eigenvalue weighted by Crippen LogP contribution is 2.31. The van der Waals surface area contributed by atoms with Crippen molar-refractivity contribution in [2.24, 2.45) is 21.2 Å². The largest absolute Gasteiger partial charge is 0.481 e. The van der Waals surface area contributed by atoms with E-state index in [0.717, 1.165) is 10.2 Å². The van der Waals surface area contributed by atoms with Gasteiger partial charge in [-0.2, -0.15) is 5.11 Å². The van der Waals surface area contributed by atoms with E-state index in [2.05, 4.69) is 20.4 Å². The Labute approximate surface area is 159 Å². The van der Waals surface area contributed by atoms with E-state index >= 15 is 0 Å². The molecule has 9 heteroatoms. The van der Waals surface area contributed by atoms with Crippen LogP contribution < -0.4 is 10.5 Å². The highest BCUT2D eigenvalue weighted by Gasteiger charge is 2.07. The van der Waals surface area contributed by atoms with Gasteiger partial charge in [-0.3, -0.25) is 4.79 Å². The summed E-state index contributed by atoms with van der Waals surface area (Å²) in [6, 6.07) is 14.9. The number of thiazole rings is 1. The SMILES string of the molecule is NC(=NN=NCCCC(=O)O)c1cccc(Oc2nc3ccccc3s2)c1. The van der Waals surface area contributed by atoms with Crippen molar-refractivity contribution in [2.75, 3.05) is 6.54 Å². The number of para-hydroxylation sites is 1. The standard InChI is InChI=1S/C18H17N5O3S/c19-17(22-23-20-10-4-9-16(24)25)12-5-3-6-13(11-12)26-18-21-14-7-1-2-8-15(14)27-18/h1-3,5-8,11H,4,9-10H2,(H,24,25)(H2,19,20,22). The number of carboxylic acids is 1. The second kappa shape index (κ2) is 8.86. The van der Waals surface area contributed by atoms with E-state index in [-0.39, 0.29) is 18.8 Å². The van der Waals surface area contributed by atoms with Crippen LogP contribution in [0.15, 0.2) is 64.0 Å². The van der Waals surface area contributed by atoms with E-state index in [1.165, 1.54) is 11.3 Å². The molecular formula is C18H17N5O3S. The third kappa shape index (κ3) is 5.32. The van der Waals surface area contributed by atoms with Crippen LogP contribution in [0, 0.1) is 0 Å². The fraction of sp³-hybridized carbons (Fsp3) is 0.167. The lowest BCUT2D eigenvalue weighted by atomic mass is 10.2. The lowest BCUT2D eigenvalue weighted by Gasteiger charge is -2.04. The zero-order chi connectivity index (χ0) is 19.1. The summed E-state index contributed by atoms with van der Waals surface area (Å²) in [5.41, 5.74) is 7.44. The molecule has 1 aromatic heterocycles. The van der Waals surface area contributed by atoms with Crippen molar-refractivity contribution < 1.29 is 14.6 Å². The Morgan fingerprint density at radius 3 is 2.89 bits per heavy atom. The lowest BCUT2D eigenvalue weighted by Crippen LogP contribution is -2.12. The summed E-state index contributed by atoms with van der Waals surface area (Å²) in [6.45, 7) is 0.282. The van der Waals surface area contributed by atoms with Crippen LogP contribution in [0.2, 0.25) is 0 Å². The van der Waals surface area contributed by atoms with Crippen molar-refractivity contribution in [1.82, 2.24) is 4.98 Å². The summed E-state index contributed by atoms with van der Waals surface area (Å²) >= 11 is 1.46. The zero-order valence-electron chi connectivity index (χ0n) is 14.3. The minimum Gasteiger partial charge on any atom is -0.481 e. The number of carbonyl (C=O) groups is 1. The van der Waals surface area contributed by atoms with E-state index in [9.17, 15) is 4.79 Å². The summed E-state index contributed by atoms with van der Waals surface area (Å²) in [6.07, 6.45) is 0.448. The summed E-state index contributed by atoms with van der Waals surface area (Å²) < 4.78 is 6.87. The Morgan fingerprint density at radius 1 is 1.22 bits per heavy atom. The van der Waals surface area contributed by atoms with Gasteiger partial charge in [-0.25, -0.2) is 4.98 Å². The predicted octanol–water partition coefficient (Wildman–Crippen LogP) is 4.03. The number of aliphatic carboxylic acids is 1. The molecule has 0 amide bonds. The molecule has 0 bridgehead atoms. The monoisotopic (exact) mass is 383 g/mol. The molecule has 0 aliphatic carbocycles. The first-order valence-electron chi connectivity index (χ1n) is 8.17. The molecule has 0 spiro atoms. The van der Waals surface area contributed by atoms with Gasteiger partial charge >= 0.3 is 5.97 Å². The molecule has 27 heavy (non-hydrogen) atoms. The molecule has 0 saturated heterocycles. The van der Waals surface area contributed by atoms with E-state index in [1.54, 1.807) is 24.3 Å². The van der Waals surface area contributed by atoms with E-state index < -0.39 is 5.97 Å². The average molecular weight is 383 g/mol. The van der Waals surface area contributed by atoms with Gasteiger partial charge < -0.3 is 15.6 Å². The molecule has 0 unspecified atom stereocenters. The van der Waals surface area contributed by atoms with Crippen LogP contribution in [0.5, 0.6) is 10.9 Å². The van der Waals surface area contributed by atoms with Gasteiger partial charge in [0.25, 0.3) is 5.19 Å². The Morgan fingerprint density at radius 2 is 2.07 bits per heavy atom. The van der Waals surface area contributed by atoms with Crippen LogP contribution in [0.25, 0.3) is 10.2 Å². The third-order valence-electron chi connectivity index (χ3n) is 3.47. The first-order chi connectivity index (χ1) is 13.1. The van der Waals surface area contributed by atoms with Crippen molar-refractivity contribution in [1.29, 1.82) is 0 Å². The maximum absolute atomic E-state index is 10.4. The van der Waals surface area contributed by atoms with E-state index in [0.29, 0.717) is 22.9 Å². The molecule has 0 aliphatic heterocycles. The van der Waals surface area contributed by atoms with E-state index in [1.807, 2.05) is 24.3 Å². The molecule has 3 N–H and O–H groups in total. The first-order valence-corrected chi connectivity index (χ1v) is 8.99. The minimum atomic E-state index is -0.863. The van der Waals surface area contributed by atoms with Crippen LogP contribution in [0.1, 0.15) is 18.4 Å². The minimum absolute atomic E-state index is 0.0450. The number of nitrogens with zero attached hydrogens (tertiary/aromatic N) is 4. The van der Waals surface area contributed by atoms with Gasteiger partial charge in [-0.05, 0) is 35.9 Å². The highest BCUT2D eigenvalue weighted by molar-refractivity contribution is 7.20. The summed E-state index contributed by atoms with van der Waals surface area (Å²) in [5.74, 6) is -0.0898. The summed E-state index contributed by atoms with van der Waals surface area (Å²) in [7, 11) is 0. The van der Waals surface area contributed by atoms with Gasteiger partial charge in [-0.15, -0.1) is 5.10 Å². The lowest BCUT2D eigenvalue weighted by molar-refractivity contribution is -0.137. The first kappa shape index (κ1) is 18.5. The Balaban J connectivity index is 1.64. The fourth-order valence-corrected chi connectivity index (χ4v) is 3.03. The van der Waals surface area contributed by atoms with Crippen LogP contribution in [0.3, 0.4) is 0 Å². The van der Waals surface area contributed by atoms with Crippen molar-refractivity contribution in [3.63, 3.8) is 0 Å². The molecule has 8 nitrogen and oxygen atoms in total. The Kier molecular flexibility index (Phi) is 6.06. The van der Waals surface area contributed by atoms with Crippen LogP contribution in [0.4, 0.5) is 0 Å². The van der Waals surface area contributed by atoms with Crippen LogP contribution in [-0.2, 0) is 4.79 Å². The topological polar surface area (TPSA) is 123 Å². The zero-order valence-corrected chi connectivity index (χ0v) is 15.1. The van der Waals surface area contributed by atoms with Gasteiger partial charge in [0.2, 0.25) is 0 Å². The number of carboxylic acid groups (broad SMARTS) is 1. The van der Waals surface area contributed by atoms with Gasteiger partial charge in [-0.1, -0.05) is 35.6 Å². The summed E-state index contributed by atoms with van der Waals surface area (Å²) in [4.78, 5) is 14.8. The molecular weight excluding hydrogens is 366 g/mol. The van der Waals surface area contributed by atoms with Crippen LogP contribution in [-0.4, -0.2) is 28.4 Å². The molecule has 138 valence electrons. The predicted molar refractivity (Wildman–Crippen MR) is 103 cm³/mol. The number of nitrogens with two attached hydrogens (primary N) is 1. The molecule has 1 heterocycles. The second-order valence-electron chi connectivity index (χ2n) is 5.51. The Bertz CT molecular complexity index is 966. The number of ether oxygens (including phenoxy) is 1. The number of aromatic nitrogens is 1. The maximum Gasteiger partial charge on any atom is 0.303 e. The number of fused-ring (bicyclic) bond motifs is 1. The third-order valence-corrected chi connectivity index (χ3v) is 4.39. The van der Waals surface area contributed by atoms with Crippen molar-refractivity contribution in [3.05, 3.63) is 54.1 Å². The van der Waals surface area contributed by atoms with Crippen molar-refractivity contribution in [3.8, 4) is 10.9 Å². The number of hydrogen-bond acceptors (Lipinski definition) is 6. The quantitative estimate of drug-likeness (QED) is 0.200. The van der Waals surface area contributed by atoms with Gasteiger partial charge in [0.15, 0.2) is 5.84 Å². The molecule has 0 atom stereocenters. The van der Waals surface area contributed by atoms with Crippen molar-refractivity contribution >= 4 is 33.4 Å². The average Bonchev–Trinajstić information content (AvgIpc) is 3.06. The molecule has 0 fully saturated rings.